The molecule has 1 aromatic carbocycles. The SMILES string of the molecule is O=S(=O)(c1ccc(NCC23CCCN2CC(F)C3)cc1F)N(Cl)c1nccs1. The van der Waals surface area contributed by atoms with Gasteiger partial charge < -0.3 is 5.32 Å². The molecule has 0 saturated carbocycles. The zero-order chi connectivity index (χ0) is 19.9. The highest BCUT2D eigenvalue weighted by Crippen LogP contribution is 2.40. The van der Waals surface area contributed by atoms with Crippen molar-refractivity contribution in [3.63, 3.8) is 0 Å². The van der Waals surface area contributed by atoms with Crippen molar-refractivity contribution in [1.82, 2.24) is 9.88 Å². The first-order valence-electron chi connectivity index (χ1n) is 8.85. The molecule has 2 atom stereocenters. The molecule has 2 aliphatic heterocycles. The van der Waals surface area contributed by atoms with Crippen LogP contribution in [0.25, 0.3) is 0 Å². The second-order valence-electron chi connectivity index (χ2n) is 7.11. The molecule has 2 saturated heterocycles. The number of aromatic nitrogens is 1. The number of fused-ring (bicyclic) bond motifs is 1. The van der Waals surface area contributed by atoms with E-state index in [1.807, 2.05) is 0 Å². The average Bonchev–Trinajstić information content (AvgIpc) is 3.35. The third kappa shape index (κ3) is 3.47. The number of thiazole rings is 1. The molecule has 0 spiro atoms. The predicted octanol–water partition coefficient (Wildman–Crippen LogP) is 3.62. The molecule has 2 fully saturated rings. The summed E-state index contributed by atoms with van der Waals surface area (Å²) in [5.74, 6) is -0.914. The van der Waals surface area contributed by atoms with Crippen LogP contribution in [0.15, 0.2) is 34.7 Å². The molecule has 28 heavy (non-hydrogen) atoms. The molecular formula is C17H19ClF2N4O2S2. The lowest BCUT2D eigenvalue weighted by Gasteiger charge is -2.32. The summed E-state index contributed by atoms with van der Waals surface area (Å²) >= 11 is 6.90. The normalized spacial score (nSPS) is 25.0. The number of nitrogens with zero attached hydrogens (tertiary/aromatic N) is 3. The van der Waals surface area contributed by atoms with Gasteiger partial charge in [0.25, 0.3) is 10.0 Å². The summed E-state index contributed by atoms with van der Waals surface area (Å²) in [7, 11) is -4.28. The Balaban J connectivity index is 1.51. The van der Waals surface area contributed by atoms with Gasteiger partial charge in [-0.3, -0.25) is 4.90 Å². The van der Waals surface area contributed by atoms with Crippen molar-refractivity contribution in [3.05, 3.63) is 35.6 Å². The summed E-state index contributed by atoms with van der Waals surface area (Å²) in [5, 5.41) is 4.75. The van der Waals surface area contributed by atoms with E-state index in [2.05, 4.69) is 15.2 Å². The van der Waals surface area contributed by atoms with Crippen LogP contribution in [0.4, 0.5) is 19.6 Å². The summed E-state index contributed by atoms with van der Waals surface area (Å²) in [6.45, 7) is 1.80. The summed E-state index contributed by atoms with van der Waals surface area (Å²) in [4.78, 5) is 5.45. The van der Waals surface area contributed by atoms with E-state index in [1.54, 1.807) is 5.38 Å². The average molecular weight is 449 g/mol. The first-order chi connectivity index (χ1) is 13.3. The van der Waals surface area contributed by atoms with Crippen LogP contribution in [-0.2, 0) is 10.0 Å². The molecule has 6 nitrogen and oxygen atoms in total. The molecule has 2 aliphatic rings. The lowest BCUT2D eigenvalue weighted by atomic mass is 9.93. The number of rotatable bonds is 6. The van der Waals surface area contributed by atoms with Crippen LogP contribution >= 0.6 is 23.1 Å². The summed E-state index contributed by atoms with van der Waals surface area (Å²) in [6, 6.07) is 3.78. The van der Waals surface area contributed by atoms with Crippen LogP contribution < -0.4 is 9.14 Å². The Morgan fingerprint density at radius 2 is 2.29 bits per heavy atom. The van der Waals surface area contributed by atoms with Gasteiger partial charge in [0.2, 0.25) is 5.13 Å². The maximum absolute atomic E-state index is 14.6. The Bertz CT molecular complexity index is 960. The smallest absolute Gasteiger partial charge is 0.283 e. The third-order valence-corrected chi connectivity index (χ3v) is 8.53. The lowest BCUT2D eigenvalue weighted by Crippen LogP contribution is -2.44. The minimum atomic E-state index is -4.28. The van der Waals surface area contributed by atoms with Gasteiger partial charge in [0.15, 0.2) is 0 Å². The van der Waals surface area contributed by atoms with E-state index in [9.17, 15) is 17.2 Å². The van der Waals surface area contributed by atoms with Gasteiger partial charge in [0.1, 0.15) is 16.9 Å². The van der Waals surface area contributed by atoms with Crippen molar-refractivity contribution in [2.45, 2.75) is 35.9 Å². The highest BCUT2D eigenvalue weighted by Gasteiger charge is 2.48. The maximum Gasteiger partial charge on any atom is 0.283 e. The number of alkyl halides is 1. The molecule has 2 unspecified atom stereocenters. The summed E-state index contributed by atoms with van der Waals surface area (Å²) < 4.78 is 54.0. The molecule has 0 radical (unpaired) electrons. The van der Waals surface area contributed by atoms with Crippen molar-refractivity contribution in [2.24, 2.45) is 0 Å². The zero-order valence-corrected chi connectivity index (χ0v) is 17.2. The third-order valence-electron chi connectivity index (χ3n) is 5.37. The highest BCUT2D eigenvalue weighted by atomic mass is 35.5. The number of anilines is 2. The lowest BCUT2D eigenvalue weighted by molar-refractivity contribution is 0.209. The fourth-order valence-electron chi connectivity index (χ4n) is 4.08. The van der Waals surface area contributed by atoms with Crippen molar-refractivity contribution in [3.8, 4) is 0 Å². The van der Waals surface area contributed by atoms with E-state index >= 15 is 0 Å². The van der Waals surface area contributed by atoms with Crippen molar-refractivity contribution >= 4 is 44.0 Å². The molecule has 4 rings (SSSR count). The molecule has 152 valence electrons. The quantitative estimate of drug-likeness (QED) is 0.684. The molecule has 1 N–H and O–H groups in total. The Morgan fingerprint density at radius 3 is 3.00 bits per heavy atom. The number of hydrogen-bond donors (Lipinski definition) is 1. The van der Waals surface area contributed by atoms with Crippen molar-refractivity contribution in [2.75, 3.05) is 28.8 Å². The van der Waals surface area contributed by atoms with E-state index in [1.165, 1.54) is 18.3 Å². The number of hydrogen-bond acceptors (Lipinski definition) is 6. The largest absolute Gasteiger partial charge is 0.383 e. The van der Waals surface area contributed by atoms with Gasteiger partial charge in [-0.1, -0.05) is 0 Å². The van der Waals surface area contributed by atoms with Gasteiger partial charge in [-0.2, -0.15) is 8.42 Å². The van der Waals surface area contributed by atoms with E-state index in [0.717, 1.165) is 36.8 Å². The number of sulfonamides is 1. The Morgan fingerprint density at radius 1 is 1.46 bits per heavy atom. The van der Waals surface area contributed by atoms with Crippen LogP contribution in [0.5, 0.6) is 0 Å². The Labute approximate surface area is 171 Å². The van der Waals surface area contributed by atoms with Gasteiger partial charge in [0, 0.05) is 47.7 Å². The highest BCUT2D eigenvalue weighted by molar-refractivity contribution is 7.94. The topological polar surface area (TPSA) is 65.5 Å². The van der Waals surface area contributed by atoms with E-state index < -0.39 is 26.9 Å². The zero-order valence-electron chi connectivity index (χ0n) is 14.8. The summed E-state index contributed by atoms with van der Waals surface area (Å²) in [6.07, 6.45) is 2.94. The molecule has 1 aromatic heterocycles. The van der Waals surface area contributed by atoms with Crippen LogP contribution in [-0.4, -0.2) is 49.6 Å². The van der Waals surface area contributed by atoms with Crippen LogP contribution in [0.2, 0.25) is 0 Å². The molecule has 0 bridgehead atoms. The number of halogens is 3. The molecule has 3 heterocycles. The molecular weight excluding hydrogens is 430 g/mol. The fourth-order valence-corrected chi connectivity index (χ4v) is 6.31. The van der Waals surface area contributed by atoms with Crippen LogP contribution in [0, 0.1) is 5.82 Å². The Kier molecular flexibility index (Phi) is 5.24. The minimum Gasteiger partial charge on any atom is -0.383 e. The molecule has 0 aliphatic carbocycles. The fraction of sp³-hybridized carbons (Fsp3) is 0.471. The first-order valence-corrected chi connectivity index (χ1v) is 11.5. The van der Waals surface area contributed by atoms with Gasteiger partial charge in [-0.05, 0) is 44.0 Å². The minimum absolute atomic E-state index is 0.0331. The second-order valence-corrected chi connectivity index (χ2v) is 10.3. The number of benzene rings is 1. The van der Waals surface area contributed by atoms with Gasteiger partial charge >= 0.3 is 0 Å². The Hall–Kier alpha value is -1.49. The molecule has 2 aromatic rings. The van der Waals surface area contributed by atoms with E-state index in [4.69, 9.17) is 11.8 Å². The van der Waals surface area contributed by atoms with Gasteiger partial charge in [-0.25, -0.2) is 13.8 Å². The summed E-state index contributed by atoms with van der Waals surface area (Å²) in [5.41, 5.74) is 0.189. The predicted molar refractivity (Wildman–Crippen MR) is 106 cm³/mol. The maximum atomic E-state index is 14.6. The van der Waals surface area contributed by atoms with E-state index in [-0.39, 0.29) is 10.7 Å². The van der Waals surface area contributed by atoms with Crippen molar-refractivity contribution < 1.29 is 17.2 Å². The van der Waals surface area contributed by atoms with Gasteiger partial charge in [0.05, 0.1) is 0 Å². The first kappa shape index (κ1) is 19.8. The van der Waals surface area contributed by atoms with Crippen LogP contribution in [0.3, 0.4) is 0 Å². The molecule has 0 amide bonds. The standard InChI is InChI=1S/C17H19ClF2N4O2S2/c18-24(16-21-5-7-27-16)28(25,26)15-3-2-13(8-14(15)20)22-11-17-4-1-6-23(17)10-12(19)9-17/h2-3,5,7-8,12,22H,1,4,6,9-11H2. The van der Waals surface area contributed by atoms with E-state index in [0.29, 0.717) is 29.0 Å². The second kappa shape index (κ2) is 7.40. The van der Waals surface area contributed by atoms with Crippen LogP contribution in [0.1, 0.15) is 19.3 Å². The van der Waals surface area contributed by atoms with Crippen molar-refractivity contribution in [1.29, 1.82) is 0 Å². The molecule has 11 heteroatoms. The monoisotopic (exact) mass is 448 g/mol. The number of nitrogens with one attached hydrogen (secondary N) is 1. The van der Waals surface area contributed by atoms with Gasteiger partial charge in [-0.15, -0.1) is 15.2 Å².